The maximum Gasteiger partial charge on any atom is 0.389 e. The fourth-order valence-electron chi connectivity index (χ4n) is 1.25. The predicted octanol–water partition coefficient (Wildman–Crippen LogP) is 3.27. The maximum atomic E-state index is 11.8. The lowest BCUT2D eigenvalue weighted by Gasteiger charge is -2.11. The van der Waals surface area contributed by atoms with Crippen molar-refractivity contribution in [2.45, 2.75) is 32.0 Å². The van der Waals surface area contributed by atoms with Crippen LogP contribution in [-0.4, -0.2) is 12.7 Å². The number of halogens is 3. The molecule has 1 rings (SSSR count). The molecule has 0 aliphatic heterocycles. The summed E-state index contributed by atoms with van der Waals surface area (Å²) >= 11 is 0. The minimum Gasteiger partial charge on any atom is -0.468 e. The molecular weight excluding hydrogens is 207 g/mol. The SMILES string of the molecule is C[C@@H](NCCCC(F)(F)F)c1ccco1. The Morgan fingerprint density at radius 2 is 2.20 bits per heavy atom. The molecule has 0 fully saturated rings. The molecule has 5 heteroatoms. The van der Waals surface area contributed by atoms with E-state index in [1.54, 1.807) is 18.4 Å². The summed E-state index contributed by atoms with van der Waals surface area (Å²) in [5, 5.41) is 2.96. The van der Waals surface area contributed by atoms with Crippen LogP contribution in [0.15, 0.2) is 22.8 Å². The average molecular weight is 221 g/mol. The summed E-state index contributed by atoms with van der Waals surface area (Å²) in [6.07, 6.45) is -3.17. The molecule has 0 bridgehead atoms. The smallest absolute Gasteiger partial charge is 0.389 e. The van der Waals surface area contributed by atoms with Crippen LogP contribution in [0.3, 0.4) is 0 Å². The van der Waals surface area contributed by atoms with Crippen LogP contribution in [0.25, 0.3) is 0 Å². The molecular formula is C10H14F3NO. The predicted molar refractivity (Wildman–Crippen MR) is 50.4 cm³/mol. The van der Waals surface area contributed by atoms with Gasteiger partial charge in [0.25, 0.3) is 0 Å². The number of hydrogen-bond acceptors (Lipinski definition) is 2. The van der Waals surface area contributed by atoms with E-state index in [9.17, 15) is 13.2 Å². The van der Waals surface area contributed by atoms with Gasteiger partial charge in [-0.2, -0.15) is 13.2 Å². The number of furan rings is 1. The summed E-state index contributed by atoms with van der Waals surface area (Å²) < 4.78 is 40.5. The van der Waals surface area contributed by atoms with E-state index in [2.05, 4.69) is 5.32 Å². The van der Waals surface area contributed by atoms with E-state index in [0.29, 0.717) is 6.54 Å². The molecule has 2 nitrogen and oxygen atoms in total. The van der Waals surface area contributed by atoms with E-state index in [1.807, 2.05) is 6.92 Å². The fraction of sp³-hybridized carbons (Fsp3) is 0.600. The second kappa shape index (κ2) is 5.21. The van der Waals surface area contributed by atoms with Gasteiger partial charge in [0.1, 0.15) is 5.76 Å². The first kappa shape index (κ1) is 12.1. The van der Waals surface area contributed by atoms with E-state index in [0.717, 1.165) is 5.76 Å². The van der Waals surface area contributed by atoms with E-state index in [1.165, 1.54) is 0 Å². The molecule has 0 unspecified atom stereocenters. The standard InChI is InChI=1S/C10H14F3NO/c1-8(9-4-2-7-15-9)14-6-3-5-10(11,12)13/h2,4,7-8,14H,3,5-6H2,1H3/t8-/m1/s1. The normalized spacial score (nSPS) is 14.1. The van der Waals surface area contributed by atoms with Crippen molar-refractivity contribution in [1.29, 1.82) is 0 Å². The first-order valence-corrected chi connectivity index (χ1v) is 4.82. The third kappa shape index (κ3) is 4.88. The molecule has 1 aromatic heterocycles. The van der Waals surface area contributed by atoms with Gasteiger partial charge >= 0.3 is 6.18 Å². The zero-order valence-corrected chi connectivity index (χ0v) is 8.47. The van der Waals surface area contributed by atoms with Gasteiger partial charge in [0, 0.05) is 6.42 Å². The molecule has 0 aliphatic rings. The maximum absolute atomic E-state index is 11.8. The zero-order valence-electron chi connectivity index (χ0n) is 8.47. The van der Waals surface area contributed by atoms with E-state index < -0.39 is 12.6 Å². The van der Waals surface area contributed by atoms with Crippen molar-refractivity contribution >= 4 is 0 Å². The number of alkyl halides is 3. The van der Waals surface area contributed by atoms with Crippen LogP contribution in [0.5, 0.6) is 0 Å². The van der Waals surface area contributed by atoms with Gasteiger partial charge in [0.2, 0.25) is 0 Å². The van der Waals surface area contributed by atoms with Gasteiger partial charge in [-0.25, -0.2) is 0 Å². The minimum atomic E-state index is -4.06. The molecule has 0 aliphatic carbocycles. The lowest BCUT2D eigenvalue weighted by molar-refractivity contribution is -0.135. The topological polar surface area (TPSA) is 25.2 Å². The number of nitrogens with one attached hydrogen (secondary N) is 1. The van der Waals surface area contributed by atoms with Crippen molar-refractivity contribution in [1.82, 2.24) is 5.32 Å². The van der Waals surface area contributed by atoms with E-state index in [-0.39, 0.29) is 12.5 Å². The van der Waals surface area contributed by atoms with Crippen LogP contribution < -0.4 is 5.32 Å². The van der Waals surface area contributed by atoms with Gasteiger partial charge in [-0.15, -0.1) is 0 Å². The highest BCUT2D eigenvalue weighted by atomic mass is 19.4. The van der Waals surface area contributed by atoms with Gasteiger partial charge in [-0.3, -0.25) is 0 Å². The molecule has 0 saturated heterocycles. The van der Waals surface area contributed by atoms with Crippen molar-refractivity contribution < 1.29 is 17.6 Å². The summed E-state index contributed by atoms with van der Waals surface area (Å²) in [4.78, 5) is 0. The van der Waals surface area contributed by atoms with Gasteiger partial charge in [-0.05, 0) is 32.0 Å². The first-order chi connectivity index (χ1) is 6.99. The largest absolute Gasteiger partial charge is 0.468 e. The van der Waals surface area contributed by atoms with Crippen LogP contribution in [0.1, 0.15) is 31.6 Å². The van der Waals surface area contributed by atoms with Crippen LogP contribution >= 0.6 is 0 Å². The number of rotatable bonds is 5. The molecule has 0 aromatic carbocycles. The molecule has 0 amide bonds. The highest BCUT2D eigenvalue weighted by molar-refractivity contribution is 5.02. The molecule has 0 saturated carbocycles. The molecule has 86 valence electrons. The summed E-state index contributed by atoms with van der Waals surface area (Å²) in [5.74, 6) is 0.738. The number of hydrogen-bond donors (Lipinski definition) is 1. The Morgan fingerprint density at radius 1 is 1.47 bits per heavy atom. The second-order valence-electron chi connectivity index (χ2n) is 3.41. The zero-order chi connectivity index (χ0) is 11.3. The average Bonchev–Trinajstić information content (AvgIpc) is 2.63. The highest BCUT2D eigenvalue weighted by Crippen LogP contribution is 2.21. The van der Waals surface area contributed by atoms with Gasteiger partial charge < -0.3 is 9.73 Å². The Kier molecular flexibility index (Phi) is 4.20. The van der Waals surface area contributed by atoms with Crippen molar-refractivity contribution in [2.24, 2.45) is 0 Å². The molecule has 1 N–H and O–H groups in total. The summed E-state index contributed by atoms with van der Waals surface area (Å²) in [7, 11) is 0. The van der Waals surface area contributed by atoms with Crippen LogP contribution in [0.4, 0.5) is 13.2 Å². The summed E-state index contributed by atoms with van der Waals surface area (Å²) in [6.45, 7) is 2.19. The van der Waals surface area contributed by atoms with Crippen molar-refractivity contribution in [2.75, 3.05) is 6.54 Å². The molecule has 15 heavy (non-hydrogen) atoms. The Morgan fingerprint density at radius 3 is 2.73 bits per heavy atom. The Balaban J connectivity index is 2.16. The lowest BCUT2D eigenvalue weighted by atomic mass is 10.2. The quantitative estimate of drug-likeness (QED) is 0.772. The van der Waals surface area contributed by atoms with Crippen molar-refractivity contribution in [3.8, 4) is 0 Å². The van der Waals surface area contributed by atoms with Crippen molar-refractivity contribution in [3.05, 3.63) is 24.2 Å². The second-order valence-corrected chi connectivity index (χ2v) is 3.41. The Labute approximate surface area is 86.5 Å². The molecule has 1 atom stereocenters. The fourth-order valence-corrected chi connectivity index (χ4v) is 1.25. The van der Waals surface area contributed by atoms with Gasteiger partial charge in [0.05, 0.1) is 12.3 Å². The van der Waals surface area contributed by atoms with E-state index in [4.69, 9.17) is 4.42 Å². The minimum absolute atomic E-state index is 0.0479. The Bertz CT molecular complexity index is 269. The molecule has 1 aromatic rings. The van der Waals surface area contributed by atoms with Crippen molar-refractivity contribution in [3.63, 3.8) is 0 Å². The van der Waals surface area contributed by atoms with Gasteiger partial charge in [-0.1, -0.05) is 0 Å². The van der Waals surface area contributed by atoms with Crippen LogP contribution in [0, 0.1) is 0 Å². The highest BCUT2D eigenvalue weighted by Gasteiger charge is 2.25. The molecule has 0 spiro atoms. The van der Waals surface area contributed by atoms with E-state index >= 15 is 0 Å². The lowest BCUT2D eigenvalue weighted by Crippen LogP contribution is -2.21. The summed E-state index contributed by atoms with van der Waals surface area (Å²) in [6, 6.07) is 3.50. The Hall–Kier alpha value is -0.970. The molecule has 0 radical (unpaired) electrons. The monoisotopic (exact) mass is 221 g/mol. The van der Waals surface area contributed by atoms with Crippen LogP contribution in [0.2, 0.25) is 0 Å². The van der Waals surface area contributed by atoms with Crippen LogP contribution in [-0.2, 0) is 0 Å². The summed E-state index contributed by atoms with van der Waals surface area (Å²) in [5.41, 5.74) is 0. The molecule has 1 heterocycles. The third-order valence-electron chi connectivity index (χ3n) is 2.06. The third-order valence-corrected chi connectivity index (χ3v) is 2.06. The van der Waals surface area contributed by atoms with Gasteiger partial charge in [0.15, 0.2) is 0 Å². The first-order valence-electron chi connectivity index (χ1n) is 4.82.